The van der Waals surface area contributed by atoms with Gasteiger partial charge >= 0.3 is 7.82 Å². The fourth-order valence-corrected chi connectivity index (χ4v) is 2.73. The van der Waals surface area contributed by atoms with Gasteiger partial charge in [-0.05, 0) is 33.1 Å². The summed E-state index contributed by atoms with van der Waals surface area (Å²) in [6, 6.07) is 0. The van der Waals surface area contributed by atoms with Crippen LogP contribution in [0.2, 0.25) is 0 Å². The minimum atomic E-state index is -3.30. The largest absolute Gasteiger partial charge is 0.474 e. The maximum Gasteiger partial charge on any atom is 0.474 e. The fourth-order valence-electron chi connectivity index (χ4n) is 1.53. The first-order chi connectivity index (χ1) is 8.68. The van der Waals surface area contributed by atoms with Crippen LogP contribution in [-0.2, 0) is 18.1 Å². The highest BCUT2D eigenvalue weighted by atomic mass is 31.2. The van der Waals surface area contributed by atoms with Crippen molar-refractivity contribution < 1.29 is 18.1 Å². The van der Waals surface area contributed by atoms with Crippen LogP contribution < -0.4 is 0 Å². The van der Waals surface area contributed by atoms with Crippen LogP contribution in [0, 0.1) is 0 Å². The van der Waals surface area contributed by atoms with Crippen molar-refractivity contribution >= 4 is 7.82 Å². The zero-order valence-electron chi connectivity index (χ0n) is 11.7. The highest BCUT2D eigenvalue weighted by molar-refractivity contribution is 7.48. The fraction of sp³-hybridized carbons (Fsp3) is 0.846. The first-order valence-corrected chi connectivity index (χ1v) is 8.29. The summed E-state index contributed by atoms with van der Waals surface area (Å²) in [5.41, 5.74) is 0. The molecule has 0 spiro atoms. The van der Waals surface area contributed by atoms with E-state index in [0.717, 1.165) is 19.3 Å². The Morgan fingerprint density at radius 2 is 1.50 bits per heavy atom. The molecule has 0 rings (SSSR count). The van der Waals surface area contributed by atoms with Crippen LogP contribution in [0.25, 0.3) is 0 Å². The van der Waals surface area contributed by atoms with Crippen molar-refractivity contribution in [3.8, 4) is 0 Å². The highest BCUT2D eigenvalue weighted by Gasteiger charge is 2.24. The molecule has 0 aliphatic heterocycles. The van der Waals surface area contributed by atoms with Gasteiger partial charge in [0.2, 0.25) is 0 Å². The molecule has 0 atom stereocenters. The van der Waals surface area contributed by atoms with Crippen LogP contribution in [0.3, 0.4) is 0 Å². The second kappa shape index (κ2) is 11.9. The molecule has 0 aromatic heterocycles. The number of hydrogen-bond acceptors (Lipinski definition) is 4. The van der Waals surface area contributed by atoms with Gasteiger partial charge in [-0.25, -0.2) is 4.57 Å². The molecule has 5 heteroatoms. The van der Waals surface area contributed by atoms with Gasteiger partial charge in [0.1, 0.15) is 0 Å². The van der Waals surface area contributed by atoms with Gasteiger partial charge in [-0.2, -0.15) is 0 Å². The summed E-state index contributed by atoms with van der Waals surface area (Å²) in [6.07, 6.45) is 8.57. The van der Waals surface area contributed by atoms with E-state index in [9.17, 15) is 4.57 Å². The summed E-state index contributed by atoms with van der Waals surface area (Å²) in [7, 11) is -3.30. The van der Waals surface area contributed by atoms with Crippen molar-refractivity contribution in [2.24, 2.45) is 0 Å². The molecule has 0 aliphatic rings. The van der Waals surface area contributed by atoms with E-state index in [1.54, 1.807) is 13.8 Å². The molecule has 0 aromatic rings. The summed E-state index contributed by atoms with van der Waals surface area (Å²) in [6.45, 7) is 8.33. The Morgan fingerprint density at radius 1 is 0.944 bits per heavy atom. The number of rotatable bonds is 13. The third kappa shape index (κ3) is 9.84. The second-order valence-corrected chi connectivity index (χ2v) is 5.63. The van der Waals surface area contributed by atoms with Crippen molar-refractivity contribution in [2.45, 2.75) is 52.4 Å². The van der Waals surface area contributed by atoms with Gasteiger partial charge in [0.15, 0.2) is 0 Å². The van der Waals surface area contributed by atoms with Crippen molar-refractivity contribution in [1.29, 1.82) is 0 Å². The molecule has 0 aromatic carbocycles. The normalized spacial score (nSPS) is 11.7. The molecular weight excluding hydrogens is 251 g/mol. The Kier molecular flexibility index (Phi) is 11.8. The molecule has 0 N–H and O–H groups in total. The molecule has 4 nitrogen and oxygen atoms in total. The Labute approximate surface area is 111 Å². The standard InChI is InChI=1S/C13H27O4P/c1-4-7-8-9-10-11-12-13-17-18(14,15-5-2)16-6-3/h4H,1,5-13H2,2-3H3. The van der Waals surface area contributed by atoms with Crippen LogP contribution in [0.1, 0.15) is 52.4 Å². The average molecular weight is 278 g/mol. The maximum absolute atomic E-state index is 11.9. The Balaban J connectivity index is 3.55. The molecule has 0 aliphatic carbocycles. The Bertz CT molecular complexity index is 233. The van der Waals surface area contributed by atoms with E-state index >= 15 is 0 Å². The van der Waals surface area contributed by atoms with E-state index in [1.165, 1.54) is 19.3 Å². The maximum atomic E-state index is 11.9. The van der Waals surface area contributed by atoms with Crippen LogP contribution >= 0.6 is 7.82 Å². The number of allylic oxidation sites excluding steroid dienone is 1. The lowest BCUT2D eigenvalue weighted by molar-refractivity contribution is 0.120. The molecular formula is C13H27O4P. The molecule has 0 fully saturated rings. The number of phosphoric ester groups is 1. The van der Waals surface area contributed by atoms with Crippen LogP contribution in [0.4, 0.5) is 0 Å². The lowest BCUT2D eigenvalue weighted by atomic mass is 10.1. The summed E-state index contributed by atoms with van der Waals surface area (Å²) < 4.78 is 27.2. The van der Waals surface area contributed by atoms with Crippen LogP contribution in [0.5, 0.6) is 0 Å². The summed E-state index contributed by atoms with van der Waals surface area (Å²) in [4.78, 5) is 0. The molecule has 0 saturated carbocycles. The zero-order valence-corrected chi connectivity index (χ0v) is 12.6. The smallest absolute Gasteiger partial charge is 0.287 e. The Morgan fingerprint density at radius 3 is 2.06 bits per heavy atom. The number of hydrogen-bond donors (Lipinski definition) is 0. The van der Waals surface area contributed by atoms with Gasteiger partial charge in [-0.1, -0.05) is 25.3 Å². The average Bonchev–Trinajstić information content (AvgIpc) is 2.33. The van der Waals surface area contributed by atoms with Gasteiger partial charge in [-0.3, -0.25) is 13.6 Å². The number of unbranched alkanes of at least 4 members (excludes halogenated alkanes) is 5. The third-order valence-corrected chi connectivity index (χ3v) is 4.02. The monoisotopic (exact) mass is 278 g/mol. The summed E-state index contributed by atoms with van der Waals surface area (Å²) in [5, 5.41) is 0. The van der Waals surface area contributed by atoms with Gasteiger partial charge < -0.3 is 0 Å². The van der Waals surface area contributed by atoms with E-state index < -0.39 is 7.82 Å². The SMILES string of the molecule is C=CCCCCCCCOP(=O)(OCC)OCC. The van der Waals surface area contributed by atoms with Gasteiger partial charge in [0.25, 0.3) is 0 Å². The molecule has 108 valence electrons. The predicted octanol–water partition coefficient (Wildman–Crippen LogP) is 4.71. The first kappa shape index (κ1) is 17.8. The van der Waals surface area contributed by atoms with E-state index in [0.29, 0.717) is 19.8 Å². The second-order valence-electron chi connectivity index (χ2n) is 3.96. The van der Waals surface area contributed by atoms with Gasteiger partial charge in [0, 0.05) is 0 Å². The van der Waals surface area contributed by atoms with E-state index in [4.69, 9.17) is 13.6 Å². The molecule has 0 heterocycles. The molecule has 0 amide bonds. The molecule has 0 unspecified atom stereocenters. The van der Waals surface area contributed by atoms with Crippen molar-refractivity contribution in [3.05, 3.63) is 12.7 Å². The summed E-state index contributed by atoms with van der Waals surface area (Å²) in [5.74, 6) is 0. The minimum absolute atomic E-state index is 0.332. The van der Waals surface area contributed by atoms with Crippen LogP contribution in [-0.4, -0.2) is 19.8 Å². The van der Waals surface area contributed by atoms with E-state index in [2.05, 4.69) is 6.58 Å². The number of phosphoric acid groups is 1. The zero-order chi connectivity index (χ0) is 13.7. The minimum Gasteiger partial charge on any atom is -0.287 e. The molecule has 18 heavy (non-hydrogen) atoms. The lowest BCUT2D eigenvalue weighted by Gasteiger charge is -2.16. The third-order valence-electron chi connectivity index (χ3n) is 2.38. The molecule has 0 bridgehead atoms. The quantitative estimate of drug-likeness (QED) is 0.278. The predicted molar refractivity (Wildman–Crippen MR) is 74.7 cm³/mol. The van der Waals surface area contributed by atoms with Crippen molar-refractivity contribution in [3.63, 3.8) is 0 Å². The van der Waals surface area contributed by atoms with E-state index in [1.807, 2.05) is 6.08 Å². The van der Waals surface area contributed by atoms with E-state index in [-0.39, 0.29) is 0 Å². The van der Waals surface area contributed by atoms with Gasteiger partial charge in [-0.15, -0.1) is 6.58 Å². The first-order valence-electron chi connectivity index (χ1n) is 6.83. The van der Waals surface area contributed by atoms with Gasteiger partial charge in [0.05, 0.1) is 19.8 Å². The molecule has 0 saturated heterocycles. The topological polar surface area (TPSA) is 44.8 Å². The van der Waals surface area contributed by atoms with Crippen molar-refractivity contribution in [2.75, 3.05) is 19.8 Å². The van der Waals surface area contributed by atoms with Crippen LogP contribution in [0.15, 0.2) is 12.7 Å². The molecule has 0 radical (unpaired) electrons. The Hall–Kier alpha value is -0.150. The highest BCUT2D eigenvalue weighted by Crippen LogP contribution is 2.49. The van der Waals surface area contributed by atoms with Crippen molar-refractivity contribution in [1.82, 2.24) is 0 Å². The lowest BCUT2D eigenvalue weighted by Crippen LogP contribution is -2.01. The summed E-state index contributed by atoms with van der Waals surface area (Å²) >= 11 is 0.